The Kier molecular flexibility index (Phi) is 7.72. The first kappa shape index (κ1) is 19.7. The average Bonchev–Trinajstić information content (AvgIpc) is 2.46. The van der Waals surface area contributed by atoms with Gasteiger partial charge in [0.25, 0.3) is 0 Å². The third-order valence-corrected chi connectivity index (χ3v) is 6.35. The Hall–Kier alpha value is -1.39. The van der Waals surface area contributed by atoms with Gasteiger partial charge in [-0.15, -0.1) is 0 Å². The largest absolute Gasteiger partial charge is 0.437 e. The van der Waals surface area contributed by atoms with Crippen molar-refractivity contribution in [3.8, 4) is 0 Å². The Morgan fingerprint density at radius 1 is 1.17 bits per heavy atom. The van der Waals surface area contributed by atoms with Crippen molar-refractivity contribution in [1.82, 2.24) is 0 Å². The zero-order valence-corrected chi connectivity index (χ0v) is 16.3. The molecule has 1 aromatic rings. The molecule has 0 amide bonds. The molecular weight excluding hydrogens is 304 g/mol. The van der Waals surface area contributed by atoms with Crippen LogP contribution in [0.2, 0.25) is 13.1 Å². The number of benzene rings is 1. The van der Waals surface area contributed by atoms with Crippen molar-refractivity contribution in [3.05, 3.63) is 42.0 Å². The third-order valence-electron chi connectivity index (χ3n) is 3.80. The summed E-state index contributed by atoms with van der Waals surface area (Å²) in [5.41, 5.74) is 1.31. The molecule has 0 spiro atoms. The quantitative estimate of drug-likeness (QED) is 0.306. The van der Waals surface area contributed by atoms with Crippen molar-refractivity contribution in [1.29, 1.82) is 0 Å². The number of ether oxygens (including phenoxy) is 1. The van der Waals surface area contributed by atoms with E-state index in [-0.39, 0.29) is 11.9 Å². The van der Waals surface area contributed by atoms with Crippen molar-refractivity contribution >= 4 is 19.5 Å². The monoisotopic (exact) mass is 334 g/mol. The first-order chi connectivity index (χ1) is 10.7. The van der Waals surface area contributed by atoms with Crippen LogP contribution >= 0.6 is 0 Å². The molecule has 0 saturated heterocycles. The van der Waals surface area contributed by atoms with E-state index in [4.69, 9.17) is 9.16 Å². The zero-order valence-electron chi connectivity index (χ0n) is 15.3. The Bertz CT molecular complexity index is 519. The van der Waals surface area contributed by atoms with E-state index >= 15 is 0 Å². The number of carbonyl (C=O) groups excluding carboxylic acids is 1. The number of carbonyl (C=O) groups is 1. The Labute approximate surface area is 141 Å². The fraction of sp³-hybridized carbons (Fsp3) is 0.526. The molecule has 2 unspecified atom stereocenters. The molecule has 1 aromatic carbocycles. The summed E-state index contributed by atoms with van der Waals surface area (Å²) < 4.78 is 11.8. The molecular formula is C19H30O3Si. The molecule has 0 N–H and O–H groups in total. The molecule has 0 bridgehead atoms. The van der Waals surface area contributed by atoms with Crippen molar-refractivity contribution in [2.45, 2.75) is 59.9 Å². The van der Waals surface area contributed by atoms with Crippen LogP contribution in [-0.4, -0.2) is 20.6 Å². The molecule has 0 aliphatic carbocycles. The van der Waals surface area contributed by atoms with Gasteiger partial charge in [0.2, 0.25) is 8.32 Å². The molecule has 128 valence electrons. The Morgan fingerprint density at radius 3 is 2.30 bits per heavy atom. The summed E-state index contributed by atoms with van der Waals surface area (Å²) >= 11 is 0. The summed E-state index contributed by atoms with van der Waals surface area (Å²) in [7, 11) is -2.13. The topological polar surface area (TPSA) is 35.5 Å². The average molecular weight is 335 g/mol. The van der Waals surface area contributed by atoms with Gasteiger partial charge in [-0.05, 0) is 45.0 Å². The highest BCUT2D eigenvalue weighted by atomic mass is 28.4. The van der Waals surface area contributed by atoms with E-state index in [2.05, 4.69) is 52.1 Å². The van der Waals surface area contributed by atoms with Crippen LogP contribution in [0.5, 0.6) is 0 Å². The van der Waals surface area contributed by atoms with E-state index in [1.165, 1.54) is 17.7 Å². The van der Waals surface area contributed by atoms with Gasteiger partial charge < -0.3 is 9.16 Å². The van der Waals surface area contributed by atoms with Gasteiger partial charge in [0.15, 0.2) is 6.29 Å². The third kappa shape index (κ3) is 7.14. The van der Waals surface area contributed by atoms with Gasteiger partial charge in [0.1, 0.15) is 0 Å². The SMILES string of the molecule is CC(=O)OC(O[Si](C)(C)c1ccccc1)C(C)CCC=C(C)C. The molecule has 0 aliphatic heterocycles. The van der Waals surface area contributed by atoms with Gasteiger partial charge in [-0.25, -0.2) is 0 Å². The summed E-state index contributed by atoms with van der Waals surface area (Å²) in [6.07, 6.45) is 3.63. The second-order valence-electron chi connectivity index (χ2n) is 6.81. The molecule has 4 heteroatoms. The lowest BCUT2D eigenvalue weighted by Crippen LogP contribution is -2.49. The van der Waals surface area contributed by atoms with Crippen LogP contribution in [0.15, 0.2) is 42.0 Å². The van der Waals surface area contributed by atoms with E-state index in [0.717, 1.165) is 12.8 Å². The molecule has 1 rings (SSSR count). The summed E-state index contributed by atoms with van der Waals surface area (Å²) in [5.74, 6) is -0.132. The van der Waals surface area contributed by atoms with E-state index in [9.17, 15) is 4.79 Å². The smallest absolute Gasteiger partial charge is 0.304 e. The second-order valence-corrected chi connectivity index (χ2v) is 10.6. The second kappa shape index (κ2) is 9.04. The van der Waals surface area contributed by atoms with Crippen LogP contribution in [0.1, 0.15) is 40.5 Å². The molecule has 3 nitrogen and oxygen atoms in total. The van der Waals surface area contributed by atoms with E-state index < -0.39 is 14.6 Å². The summed E-state index contributed by atoms with van der Waals surface area (Å²) in [6, 6.07) is 10.2. The maximum Gasteiger partial charge on any atom is 0.304 e. The number of rotatable bonds is 8. The van der Waals surface area contributed by atoms with Gasteiger partial charge in [0.05, 0.1) is 0 Å². The minimum Gasteiger partial charge on any atom is -0.437 e. The van der Waals surface area contributed by atoms with Crippen molar-refractivity contribution in [2.24, 2.45) is 5.92 Å². The van der Waals surface area contributed by atoms with Crippen LogP contribution in [-0.2, 0) is 14.0 Å². The Balaban J connectivity index is 2.81. The maximum atomic E-state index is 11.5. The van der Waals surface area contributed by atoms with E-state index in [1.807, 2.05) is 18.2 Å². The molecule has 0 heterocycles. The summed E-state index contributed by atoms with van der Waals surface area (Å²) in [4.78, 5) is 11.5. The van der Waals surface area contributed by atoms with Crippen molar-refractivity contribution in [3.63, 3.8) is 0 Å². The molecule has 0 fully saturated rings. The van der Waals surface area contributed by atoms with Crippen molar-refractivity contribution < 1.29 is 14.0 Å². The predicted molar refractivity (Wildman–Crippen MR) is 98.0 cm³/mol. The normalized spacial score (nSPS) is 14.0. The lowest BCUT2D eigenvalue weighted by atomic mass is 10.0. The molecule has 0 aromatic heterocycles. The van der Waals surface area contributed by atoms with Gasteiger partial charge in [-0.3, -0.25) is 4.79 Å². The van der Waals surface area contributed by atoms with Gasteiger partial charge in [-0.1, -0.05) is 48.9 Å². The van der Waals surface area contributed by atoms with Gasteiger partial charge >= 0.3 is 5.97 Å². The Morgan fingerprint density at radius 2 is 1.78 bits per heavy atom. The van der Waals surface area contributed by atoms with Gasteiger partial charge in [-0.2, -0.15) is 0 Å². The highest BCUT2D eigenvalue weighted by molar-refractivity contribution is 6.84. The van der Waals surface area contributed by atoms with Gasteiger partial charge in [0, 0.05) is 12.8 Å². The van der Waals surface area contributed by atoms with Crippen LogP contribution in [0.3, 0.4) is 0 Å². The lowest BCUT2D eigenvalue weighted by molar-refractivity contribution is -0.169. The highest BCUT2D eigenvalue weighted by Crippen LogP contribution is 2.21. The first-order valence-corrected chi connectivity index (χ1v) is 11.2. The van der Waals surface area contributed by atoms with Crippen molar-refractivity contribution in [2.75, 3.05) is 0 Å². The minimum absolute atomic E-state index is 0.157. The maximum absolute atomic E-state index is 11.5. The van der Waals surface area contributed by atoms with Crippen LogP contribution in [0.4, 0.5) is 0 Å². The predicted octanol–water partition coefficient (Wildman–Crippen LogP) is 4.39. The van der Waals surface area contributed by atoms with Crippen LogP contribution in [0, 0.1) is 5.92 Å². The lowest BCUT2D eigenvalue weighted by Gasteiger charge is -2.32. The number of esters is 1. The number of hydrogen-bond acceptors (Lipinski definition) is 3. The first-order valence-electron chi connectivity index (χ1n) is 8.26. The zero-order chi connectivity index (χ0) is 17.5. The molecule has 0 radical (unpaired) electrons. The van der Waals surface area contributed by atoms with E-state index in [0.29, 0.717) is 0 Å². The van der Waals surface area contributed by atoms with Crippen LogP contribution in [0.25, 0.3) is 0 Å². The fourth-order valence-corrected chi connectivity index (χ4v) is 4.38. The highest BCUT2D eigenvalue weighted by Gasteiger charge is 2.32. The van der Waals surface area contributed by atoms with E-state index in [1.54, 1.807) is 0 Å². The number of hydrogen-bond donors (Lipinski definition) is 0. The standard InChI is InChI=1S/C19H30O3Si/c1-15(2)11-10-12-16(3)19(21-17(4)20)22-23(5,6)18-13-8-7-9-14-18/h7-9,11,13-14,16,19H,10,12H2,1-6H3. The number of allylic oxidation sites excluding steroid dienone is 2. The molecule has 2 atom stereocenters. The minimum atomic E-state index is -2.13. The molecule has 23 heavy (non-hydrogen) atoms. The van der Waals surface area contributed by atoms with Crippen LogP contribution < -0.4 is 5.19 Å². The summed E-state index contributed by atoms with van der Waals surface area (Å²) in [6.45, 7) is 12.0. The molecule has 0 aliphatic rings. The fourth-order valence-electron chi connectivity index (χ4n) is 2.39. The molecule has 0 saturated carbocycles. The summed E-state index contributed by atoms with van der Waals surface area (Å²) in [5, 5.41) is 1.20.